The number of carbonyl (C=O) groups excluding carboxylic acids is 1. The number of carbonyl (C=O) groups is 1. The summed E-state index contributed by atoms with van der Waals surface area (Å²) in [5.41, 5.74) is 1.52. The first kappa shape index (κ1) is 15.5. The van der Waals surface area contributed by atoms with Crippen LogP contribution < -0.4 is 5.32 Å². The second-order valence-electron chi connectivity index (χ2n) is 5.91. The molecule has 0 aliphatic carbocycles. The highest BCUT2D eigenvalue weighted by Gasteiger charge is 2.28. The summed E-state index contributed by atoms with van der Waals surface area (Å²) in [4.78, 5) is 18.5. The summed E-state index contributed by atoms with van der Waals surface area (Å²) in [6.07, 6.45) is 3.36. The molecule has 4 heteroatoms. The van der Waals surface area contributed by atoms with Crippen molar-refractivity contribution in [2.75, 3.05) is 18.9 Å². The van der Waals surface area contributed by atoms with E-state index < -0.39 is 0 Å². The molecule has 1 atom stereocenters. The Morgan fingerprint density at radius 3 is 2.63 bits per heavy atom. The van der Waals surface area contributed by atoms with Gasteiger partial charge in [-0.25, -0.2) is 0 Å². The largest absolute Gasteiger partial charge is 0.383 e. The molecule has 1 rings (SSSR count). The SMILES string of the molecule is CCNc1cnccc1C(=O)N(C)C(C)C(C)(C)C. The van der Waals surface area contributed by atoms with Crippen LogP contribution in [0.15, 0.2) is 18.5 Å². The minimum atomic E-state index is 0.0285. The molecule has 0 bridgehead atoms. The van der Waals surface area contributed by atoms with Crippen LogP contribution in [0.2, 0.25) is 0 Å². The van der Waals surface area contributed by atoms with E-state index in [1.807, 2.05) is 14.0 Å². The number of anilines is 1. The van der Waals surface area contributed by atoms with Gasteiger partial charge >= 0.3 is 0 Å². The molecule has 0 spiro atoms. The van der Waals surface area contributed by atoms with Crippen LogP contribution in [0, 0.1) is 5.41 Å². The fourth-order valence-corrected chi connectivity index (χ4v) is 1.86. The van der Waals surface area contributed by atoms with Gasteiger partial charge < -0.3 is 10.2 Å². The average molecular weight is 263 g/mol. The van der Waals surface area contributed by atoms with Crippen LogP contribution in [-0.4, -0.2) is 35.4 Å². The molecule has 0 saturated heterocycles. The standard InChI is InChI=1S/C15H25N3O/c1-7-17-13-10-16-9-8-12(13)14(19)18(6)11(2)15(3,4)5/h8-11,17H,7H2,1-6H3. The Hall–Kier alpha value is -1.58. The monoisotopic (exact) mass is 263 g/mol. The van der Waals surface area contributed by atoms with Gasteiger partial charge in [0.05, 0.1) is 17.4 Å². The van der Waals surface area contributed by atoms with Crippen LogP contribution >= 0.6 is 0 Å². The molecule has 1 heterocycles. The molecular formula is C15H25N3O. The van der Waals surface area contributed by atoms with Crippen molar-refractivity contribution < 1.29 is 4.79 Å². The highest BCUT2D eigenvalue weighted by molar-refractivity contribution is 5.99. The minimum absolute atomic E-state index is 0.0285. The Morgan fingerprint density at radius 1 is 1.47 bits per heavy atom. The summed E-state index contributed by atoms with van der Waals surface area (Å²) >= 11 is 0. The number of amides is 1. The van der Waals surface area contributed by atoms with Crippen molar-refractivity contribution in [3.05, 3.63) is 24.0 Å². The third kappa shape index (κ3) is 3.69. The quantitative estimate of drug-likeness (QED) is 0.908. The molecule has 19 heavy (non-hydrogen) atoms. The second kappa shape index (κ2) is 6.04. The van der Waals surface area contributed by atoms with Crippen molar-refractivity contribution >= 4 is 11.6 Å². The van der Waals surface area contributed by atoms with Crippen molar-refractivity contribution in [2.45, 2.75) is 40.7 Å². The molecule has 1 N–H and O–H groups in total. The van der Waals surface area contributed by atoms with E-state index in [4.69, 9.17) is 0 Å². The molecule has 0 saturated carbocycles. The summed E-state index contributed by atoms with van der Waals surface area (Å²) in [7, 11) is 1.86. The van der Waals surface area contributed by atoms with Crippen molar-refractivity contribution in [1.82, 2.24) is 9.88 Å². The van der Waals surface area contributed by atoms with Gasteiger partial charge in [-0.2, -0.15) is 0 Å². The number of pyridine rings is 1. The maximum Gasteiger partial charge on any atom is 0.256 e. The molecule has 4 nitrogen and oxygen atoms in total. The lowest BCUT2D eigenvalue weighted by atomic mass is 9.87. The van der Waals surface area contributed by atoms with Crippen molar-refractivity contribution in [3.8, 4) is 0 Å². The Kier molecular flexibility index (Phi) is 4.92. The molecule has 0 aliphatic heterocycles. The van der Waals surface area contributed by atoms with Crippen LogP contribution in [0.1, 0.15) is 45.0 Å². The van der Waals surface area contributed by atoms with E-state index in [0.29, 0.717) is 5.56 Å². The number of nitrogens with one attached hydrogen (secondary N) is 1. The summed E-state index contributed by atoms with van der Waals surface area (Å²) < 4.78 is 0. The lowest BCUT2D eigenvalue weighted by Crippen LogP contribution is -2.43. The maximum absolute atomic E-state index is 12.6. The van der Waals surface area contributed by atoms with Crippen molar-refractivity contribution in [3.63, 3.8) is 0 Å². The molecule has 0 aliphatic rings. The fourth-order valence-electron chi connectivity index (χ4n) is 1.86. The van der Waals surface area contributed by atoms with Gasteiger partial charge in [0.2, 0.25) is 0 Å². The highest BCUT2D eigenvalue weighted by atomic mass is 16.2. The molecule has 1 amide bonds. The first-order valence-corrected chi connectivity index (χ1v) is 6.74. The van der Waals surface area contributed by atoms with Crippen molar-refractivity contribution in [2.24, 2.45) is 5.41 Å². The first-order chi connectivity index (χ1) is 8.79. The molecular weight excluding hydrogens is 238 g/mol. The zero-order chi connectivity index (χ0) is 14.6. The van der Waals surface area contributed by atoms with Crippen molar-refractivity contribution in [1.29, 1.82) is 0 Å². The molecule has 106 valence electrons. The van der Waals surface area contributed by atoms with Crippen LogP contribution in [-0.2, 0) is 0 Å². The predicted octanol–water partition coefficient (Wildman–Crippen LogP) is 3.02. The van der Waals surface area contributed by atoms with Crippen LogP contribution in [0.25, 0.3) is 0 Å². The molecule has 0 aromatic carbocycles. The number of hydrogen-bond acceptors (Lipinski definition) is 3. The lowest BCUT2D eigenvalue weighted by molar-refractivity contribution is 0.0630. The van der Waals surface area contributed by atoms with Crippen LogP contribution in [0.5, 0.6) is 0 Å². The highest BCUT2D eigenvalue weighted by Crippen LogP contribution is 2.25. The molecule has 0 fully saturated rings. The number of rotatable bonds is 4. The fraction of sp³-hybridized carbons (Fsp3) is 0.600. The number of aromatic nitrogens is 1. The van der Waals surface area contributed by atoms with E-state index in [0.717, 1.165) is 12.2 Å². The smallest absolute Gasteiger partial charge is 0.256 e. The first-order valence-electron chi connectivity index (χ1n) is 6.74. The van der Waals surface area contributed by atoms with Gasteiger partial charge in [0.15, 0.2) is 0 Å². The number of nitrogens with zero attached hydrogens (tertiary/aromatic N) is 2. The second-order valence-corrected chi connectivity index (χ2v) is 5.91. The van der Waals surface area contributed by atoms with E-state index in [2.05, 4.69) is 38.0 Å². The maximum atomic E-state index is 12.6. The van der Waals surface area contributed by atoms with Gasteiger partial charge in [0.1, 0.15) is 0 Å². The minimum Gasteiger partial charge on any atom is -0.383 e. The van der Waals surface area contributed by atoms with Gasteiger partial charge in [-0.05, 0) is 25.3 Å². The van der Waals surface area contributed by atoms with E-state index in [9.17, 15) is 4.79 Å². The van der Waals surface area contributed by atoms with E-state index in [-0.39, 0.29) is 17.4 Å². The summed E-state index contributed by atoms with van der Waals surface area (Å²) in [5, 5.41) is 3.18. The summed E-state index contributed by atoms with van der Waals surface area (Å²) in [5.74, 6) is 0.0285. The summed E-state index contributed by atoms with van der Waals surface area (Å²) in [6, 6.07) is 1.93. The molecule has 1 unspecified atom stereocenters. The third-order valence-electron chi connectivity index (χ3n) is 3.57. The van der Waals surface area contributed by atoms with Gasteiger partial charge in [0, 0.05) is 25.8 Å². The molecule has 1 aromatic heterocycles. The van der Waals surface area contributed by atoms with E-state index in [1.54, 1.807) is 23.4 Å². The zero-order valence-corrected chi connectivity index (χ0v) is 12.8. The predicted molar refractivity (Wildman–Crippen MR) is 79.4 cm³/mol. The van der Waals surface area contributed by atoms with Gasteiger partial charge in [-0.3, -0.25) is 9.78 Å². The third-order valence-corrected chi connectivity index (χ3v) is 3.57. The molecule has 1 aromatic rings. The zero-order valence-electron chi connectivity index (χ0n) is 12.8. The Balaban J connectivity index is 3.00. The van der Waals surface area contributed by atoms with E-state index >= 15 is 0 Å². The van der Waals surface area contributed by atoms with Crippen LogP contribution in [0.4, 0.5) is 5.69 Å². The Bertz CT molecular complexity index is 437. The van der Waals surface area contributed by atoms with Gasteiger partial charge in [-0.15, -0.1) is 0 Å². The normalized spacial score (nSPS) is 12.9. The van der Waals surface area contributed by atoms with Gasteiger partial charge in [-0.1, -0.05) is 20.8 Å². The average Bonchev–Trinajstić information content (AvgIpc) is 2.36. The Labute approximate surface area is 116 Å². The lowest BCUT2D eigenvalue weighted by Gasteiger charge is -2.35. The molecule has 0 radical (unpaired) electrons. The van der Waals surface area contributed by atoms with Crippen LogP contribution in [0.3, 0.4) is 0 Å². The topological polar surface area (TPSA) is 45.2 Å². The number of hydrogen-bond donors (Lipinski definition) is 1. The van der Waals surface area contributed by atoms with E-state index in [1.165, 1.54) is 0 Å². The Morgan fingerprint density at radius 2 is 2.11 bits per heavy atom. The summed E-state index contributed by atoms with van der Waals surface area (Å²) in [6.45, 7) is 11.3. The van der Waals surface area contributed by atoms with Gasteiger partial charge in [0.25, 0.3) is 5.91 Å².